The molecule has 0 atom stereocenters. The number of amidine groups is 1. The topological polar surface area (TPSA) is 85.0 Å². The van der Waals surface area contributed by atoms with Crippen molar-refractivity contribution in [2.24, 2.45) is 4.99 Å². The summed E-state index contributed by atoms with van der Waals surface area (Å²) in [5.41, 5.74) is 1.16. The fraction of sp³-hybridized carbons (Fsp3) is 0.158. The molecule has 27 heavy (non-hydrogen) atoms. The number of rotatable bonds is 5. The van der Waals surface area contributed by atoms with Gasteiger partial charge in [-0.1, -0.05) is 24.3 Å². The Morgan fingerprint density at radius 3 is 2.63 bits per heavy atom. The highest BCUT2D eigenvalue weighted by Crippen LogP contribution is 2.35. The van der Waals surface area contributed by atoms with Crippen LogP contribution >= 0.6 is 11.8 Å². The maximum atomic E-state index is 12.7. The molecule has 7 nitrogen and oxygen atoms in total. The summed E-state index contributed by atoms with van der Waals surface area (Å²) in [6.45, 7) is 2.36. The molecule has 1 heterocycles. The predicted molar refractivity (Wildman–Crippen MR) is 106 cm³/mol. The number of amides is 1. The maximum absolute atomic E-state index is 12.7. The molecule has 8 heteroatoms. The smallest absolute Gasteiger partial charge is 0.311 e. The van der Waals surface area contributed by atoms with Crippen LogP contribution in [0.1, 0.15) is 12.5 Å². The number of nitrogens with zero attached hydrogens (tertiary/aromatic N) is 3. The van der Waals surface area contributed by atoms with Gasteiger partial charge < -0.3 is 4.74 Å². The third kappa shape index (κ3) is 4.01. The summed E-state index contributed by atoms with van der Waals surface area (Å²) in [5.74, 6) is 0.00437. The number of para-hydroxylation sites is 1. The number of benzene rings is 2. The van der Waals surface area contributed by atoms with Crippen LogP contribution in [-0.4, -0.2) is 34.6 Å². The lowest BCUT2D eigenvalue weighted by Crippen LogP contribution is -2.28. The minimum absolute atomic E-state index is 0.146. The van der Waals surface area contributed by atoms with Crippen LogP contribution in [-0.2, 0) is 4.79 Å². The van der Waals surface area contributed by atoms with E-state index >= 15 is 0 Å². The second kappa shape index (κ2) is 8.05. The number of nitro benzene ring substituents is 1. The van der Waals surface area contributed by atoms with Gasteiger partial charge in [0.15, 0.2) is 10.9 Å². The standard InChI is InChI=1S/C19H17N3O4S/c1-3-21-18(23)17(27-19(21)20-14-7-5-4-6-8-14)12-13-9-10-16(26-2)15(11-13)22(24)25/h4-12H,3H2,1-2H3. The highest BCUT2D eigenvalue weighted by molar-refractivity contribution is 8.18. The van der Waals surface area contributed by atoms with Crippen molar-refractivity contribution in [2.75, 3.05) is 13.7 Å². The van der Waals surface area contributed by atoms with Gasteiger partial charge in [0.2, 0.25) is 0 Å². The second-order valence-electron chi connectivity index (χ2n) is 5.58. The van der Waals surface area contributed by atoms with Gasteiger partial charge in [-0.15, -0.1) is 0 Å². The molecule has 1 amide bonds. The van der Waals surface area contributed by atoms with Crippen LogP contribution in [0.15, 0.2) is 58.4 Å². The van der Waals surface area contributed by atoms with Crippen molar-refractivity contribution in [1.29, 1.82) is 0 Å². The van der Waals surface area contributed by atoms with Crippen molar-refractivity contribution in [3.05, 3.63) is 69.1 Å². The van der Waals surface area contributed by atoms with Crippen LogP contribution in [0.3, 0.4) is 0 Å². The molecule has 0 aromatic heterocycles. The Kier molecular flexibility index (Phi) is 5.56. The van der Waals surface area contributed by atoms with Gasteiger partial charge in [0.25, 0.3) is 5.91 Å². The molecule has 0 radical (unpaired) electrons. The Morgan fingerprint density at radius 1 is 1.26 bits per heavy atom. The first-order valence-corrected chi connectivity index (χ1v) is 9.02. The predicted octanol–water partition coefficient (Wildman–Crippen LogP) is 4.23. The normalized spacial score (nSPS) is 17.0. The number of hydrogen-bond donors (Lipinski definition) is 0. The number of carbonyl (C=O) groups is 1. The van der Waals surface area contributed by atoms with Crippen LogP contribution in [0.4, 0.5) is 11.4 Å². The first-order valence-electron chi connectivity index (χ1n) is 8.21. The largest absolute Gasteiger partial charge is 0.490 e. The Balaban J connectivity index is 1.95. The first-order chi connectivity index (χ1) is 13.0. The average Bonchev–Trinajstić information content (AvgIpc) is 2.96. The molecule has 0 unspecified atom stereocenters. The lowest BCUT2D eigenvalue weighted by molar-refractivity contribution is -0.385. The van der Waals surface area contributed by atoms with Gasteiger partial charge in [0.05, 0.1) is 22.6 Å². The van der Waals surface area contributed by atoms with Crippen LogP contribution in [0, 0.1) is 10.1 Å². The number of thioether (sulfide) groups is 1. The molecular weight excluding hydrogens is 366 g/mol. The first kappa shape index (κ1) is 18.7. The summed E-state index contributed by atoms with van der Waals surface area (Å²) in [6.07, 6.45) is 1.63. The zero-order valence-electron chi connectivity index (χ0n) is 14.8. The van der Waals surface area contributed by atoms with Crippen LogP contribution < -0.4 is 4.74 Å². The SMILES string of the molecule is CCN1C(=O)C(=Cc2ccc(OC)c([N+](=O)[O-])c2)SC1=Nc1ccccc1. The number of likely N-dealkylation sites (N-methyl/N-ethyl adjacent to an activating group) is 1. The summed E-state index contributed by atoms with van der Waals surface area (Å²) in [7, 11) is 1.38. The summed E-state index contributed by atoms with van der Waals surface area (Å²) in [6, 6.07) is 14.0. The molecule has 138 valence electrons. The molecule has 0 saturated carbocycles. The lowest BCUT2D eigenvalue weighted by atomic mass is 10.1. The van der Waals surface area contributed by atoms with Crippen molar-refractivity contribution in [1.82, 2.24) is 4.90 Å². The average molecular weight is 383 g/mol. The summed E-state index contributed by atoms with van der Waals surface area (Å²) in [5, 5.41) is 11.8. The summed E-state index contributed by atoms with van der Waals surface area (Å²) < 4.78 is 5.01. The maximum Gasteiger partial charge on any atom is 0.311 e. The van der Waals surface area contributed by atoms with Gasteiger partial charge >= 0.3 is 5.69 Å². The molecule has 1 aliphatic heterocycles. The van der Waals surface area contributed by atoms with E-state index in [-0.39, 0.29) is 17.3 Å². The molecule has 2 aromatic rings. The fourth-order valence-electron chi connectivity index (χ4n) is 2.57. The van der Waals surface area contributed by atoms with Gasteiger partial charge in [0, 0.05) is 12.6 Å². The van der Waals surface area contributed by atoms with Crippen LogP contribution in [0.5, 0.6) is 5.75 Å². The minimum Gasteiger partial charge on any atom is -0.490 e. The number of aliphatic imine (C=N–C) groups is 1. The Bertz CT molecular complexity index is 941. The highest BCUT2D eigenvalue weighted by atomic mass is 32.2. The zero-order valence-corrected chi connectivity index (χ0v) is 15.6. The number of ether oxygens (including phenoxy) is 1. The van der Waals surface area contributed by atoms with E-state index in [1.54, 1.807) is 17.0 Å². The third-order valence-electron chi connectivity index (χ3n) is 3.88. The van der Waals surface area contributed by atoms with E-state index in [0.29, 0.717) is 22.2 Å². The molecule has 3 rings (SSSR count). The molecule has 1 aliphatic rings. The van der Waals surface area contributed by atoms with Gasteiger partial charge in [-0.3, -0.25) is 19.8 Å². The molecule has 2 aromatic carbocycles. The molecule has 0 bridgehead atoms. The number of hydrogen-bond acceptors (Lipinski definition) is 6. The monoisotopic (exact) mass is 383 g/mol. The van der Waals surface area contributed by atoms with E-state index in [1.807, 2.05) is 37.3 Å². The van der Waals surface area contributed by atoms with E-state index < -0.39 is 4.92 Å². The third-order valence-corrected chi connectivity index (χ3v) is 4.89. The molecule has 0 spiro atoms. The van der Waals surface area contributed by atoms with Crippen LogP contribution in [0.2, 0.25) is 0 Å². The van der Waals surface area contributed by atoms with Gasteiger partial charge in [-0.05, 0) is 48.5 Å². The number of nitro groups is 1. The Labute approximate surface area is 160 Å². The van der Waals surface area contributed by atoms with Crippen molar-refractivity contribution in [3.63, 3.8) is 0 Å². The molecule has 0 N–H and O–H groups in total. The van der Waals surface area contributed by atoms with Crippen molar-refractivity contribution in [2.45, 2.75) is 6.92 Å². The van der Waals surface area contributed by atoms with E-state index in [2.05, 4.69) is 4.99 Å². The summed E-state index contributed by atoms with van der Waals surface area (Å²) in [4.78, 5) is 30.0. The van der Waals surface area contributed by atoms with E-state index in [1.165, 1.54) is 31.0 Å². The zero-order chi connectivity index (χ0) is 19.4. The quantitative estimate of drug-likeness (QED) is 0.438. The molecule has 1 saturated heterocycles. The Hall–Kier alpha value is -3.13. The molecule has 0 aliphatic carbocycles. The fourth-order valence-corrected chi connectivity index (χ4v) is 3.64. The summed E-state index contributed by atoms with van der Waals surface area (Å²) >= 11 is 1.25. The van der Waals surface area contributed by atoms with Gasteiger partial charge in [0.1, 0.15) is 0 Å². The molecule has 1 fully saturated rings. The number of methoxy groups -OCH3 is 1. The van der Waals surface area contributed by atoms with Crippen molar-refractivity contribution < 1.29 is 14.5 Å². The van der Waals surface area contributed by atoms with E-state index in [9.17, 15) is 14.9 Å². The van der Waals surface area contributed by atoms with E-state index in [4.69, 9.17) is 4.74 Å². The highest BCUT2D eigenvalue weighted by Gasteiger charge is 2.32. The number of carbonyl (C=O) groups excluding carboxylic acids is 1. The minimum atomic E-state index is -0.509. The Morgan fingerprint density at radius 2 is 2.00 bits per heavy atom. The second-order valence-corrected chi connectivity index (χ2v) is 6.59. The van der Waals surface area contributed by atoms with Crippen molar-refractivity contribution >= 4 is 40.3 Å². The van der Waals surface area contributed by atoms with Crippen molar-refractivity contribution in [3.8, 4) is 5.75 Å². The molecular formula is C19H17N3O4S. The van der Waals surface area contributed by atoms with E-state index in [0.717, 1.165) is 5.69 Å². The van der Waals surface area contributed by atoms with Gasteiger partial charge in [-0.25, -0.2) is 4.99 Å². The van der Waals surface area contributed by atoms with Crippen LogP contribution in [0.25, 0.3) is 6.08 Å². The lowest BCUT2D eigenvalue weighted by Gasteiger charge is -2.11. The van der Waals surface area contributed by atoms with Gasteiger partial charge in [-0.2, -0.15) is 0 Å².